The molecule has 0 amide bonds. The molecule has 8 heteroatoms. The van der Waals surface area contributed by atoms with Gasteiger partial charge in [0.2, 0.25) is 5.75 Å². The van der Waals surface area contributed by atoms with Gasteiger partial charge in [0.25, 0.3) is 4.21 Å². The third-order valence-electron chi connectivity index (χ3n) is 1.65. The molecule has 1 aromatic rings. The Morgan fingerprint density at radius 2 is 2.00 bits per heavy atom. The lowest BCUT2D eigenvalue weighted by Crippen LogP contribution is -2.24. The Labute approximate surface area is 90.0 Å². The van der Waals surface area contributed by atoms with Gasteiger partial charge in [-0.25, -0.2) is 0 Å². The molecule has 3 nitrogen and oxygen atoms in total. The Hall–Kier alpha value is -0.600. The number of thiophene rings is 1. The minimum absolute atomic E-state index is 0.0399. The lowest BCUT2D eigenvalue weighted by molar-refractivity contribution is -0.0435. The summed E-state index contributed by atoms with van der Waals surface area (Å²) >= 11 is -2.32. The number of hydrogen-bond donors (Lipinski definition) is 0. The zero-order valence-electron chi connectivity index (χ0n) is 7.17. The van der Waals surface area contributed by atoms with Crippen LogP contribution in [0.25, 0.3) is 0 Å². The molecule has 0 N–H and O–H groups in total. The van der Waals surface area contributed by atoms with Crippen LogP contribution in [0.4, 0.5) is 13.2 Å². The van der Waals surface area contributed by atoms with Crippen LogP contribution in [0.1, 0.15) is 0 Å². The number of fused-ring (bicyclic) bond motifs is 1. The van der Waals surface area contributed by atoms with Crippen molar-refractivity contribution in [2.75, 3.05) is 13.2 Å². The summed E-state index contributed by atoms with van der Waals surface area (Å²) in [7, 11) is 0. The molecule has 15 heavy (non-hydrogen) atoms. The van der Waals surface area contributed by atoms with Gasteiger partial charge in [0.1, 0.15) is 24.4 Å². The number of halogens is 3. The van der Waals surface area contributed by atoms with E-state index >= 15 is 0 Å². The quantitative estimate of drug-likeness (QED) is 0.725. The summed E-state index contributed by atoms with van der Waals surface area (Å²) in [6.07, 6.45) is 0. The molecule has 1 atom stereocenters. The molecule has 2 heterocycles. The average Bonchev–Trinajstić information content (AvgIpc) is 2.58. The molecule has 1 aliphatic heterocycles. The van der Waals surface area contributed by atoms with Crippen molar-refractivity contribution in [3.05, 3.63) is 5.38 Å². The van der Waals surface area contributed by atoms with Gasteiger partial charge in [0.15, 0.2) is 5.75 Å². The molecule has 0 saturated heterocycles. The van der Waals surface area contributed by atoms with E-state index in [2.05, 4.69) is 0 Å². The Morgan fingerprint density at radius 1 is 1.33 bits per heavy atom. The molecule has 0 aromatic carbocycles. The van der Waals surface area contributed by atoms with Crippen LogP contribution in [0, 0.1) is 0 Å². The molecule has 1 unspecified atom stereocenters. The molecule has 2 rings (SSSR count). The van der Waals surface area contributed by atoms with Gasteiger partial charge in [0.05, 0.1) is 0 Å². The summed E-state index contributed by atoms with van der Waals surface area (Å²) in [6.45, 7) is 0.466. The van der Waals surface area contributed by atoms with Crippen molar-refractivity contribution in [1.82, 2.24) is 0 Å². The Bertz CT molecular complexity index is 363. The van der Waals surface area contributed by atoms with Crippen molar-refractivity contribution in [2.24, 2.45) is 0 Å². The zero-order valence-corrected chi connectivity index (χ0v) is 8.80. The maximum absolute atomic E-state index is 12.2. The molecule has 0 radical (unpaired) electrons. The van der Waals surface area contributed by atoms with Crippen LogP contribution in [-0.4, -0.2) is 23.3 Å². The second-order valence-electron chi connectivity index (χ2n) is 2.63. The predicted molar refractivity (Wildman–Crippen MR) is 47.8 cm³/mol. The summed E-state index contributed by atoms with van der Waals surface area (Å²) in [5.41, 5.74) is -4.76. The van der Waals surface area contributed by atoms with Crippen molar-refractivity contribution in [2.45, 2.75) is 9.72 Å². The van der Waals surface area contributed by atoms with Crippen molar-refractivity contribution < 1.29 is 27.2 Å². The standard InChI is InChI=1S/C7H5F3O3S2/c8-7(9,10)15(11)6-5-4(3-14-6)12-1-2-13-5/h3H,1-2H2. The summed E-state index contributed by atoms with van der Waals surface area (Å²) in [5, 5.41) is 1.37. The molecule has 0 spiro atoms. The van der Waals surface area contributed by atoms with Crippen LogP contribution >= 0.6 is 11.3 Å². The van der Waals surface area contributed by atoms with Gasteiger partial charge in [-0.3, -0.25) is 0 Å². The number of rotatable bonds is 1. The maximum Gasteiger partial charge on any atom is 0.579 e. The fourth-order valence-corrected chi connectivity index (χ4v) is 3.04. The highest BCUT2D eigenvalue weighted by molar-refractivity contribution is 7.94. The SMILES string of the molecule is [O-][S+](c1scc2c1OCCO2)C(F)(F)F. The molecule has 0 saturated carbocycles. The molecule has 84 valence electrons. The van der Waals surface area contributed by atoms with E-state index in [4.69, 9.17) is 9.47 Å². The van der Waals surface area contributed by atoms with Crippen molar-refractivity contribution >= 4 is 22.5 Å². The highest BCUT2D eigenvalue weighted by atomic mass is 32.2. The number of ether oxygens (including phenoxy) is 2. The first-order valence-corrected chi connectivity index (χ1v) is 5.89. The van der Waals surface area contributed by atoms with Crippen LogP contribution in [0.2, 0.25) is 0 Å². The third-order valence-corrected chi connectivity index (χ3v) is 4.06. The second kappa shape index (κ2) is 3.76. The molecule has 1 aliphatic rings. The van der Waals surface area contributed by atoms with E-state index in [9.17, 15) is 17.7 Å². The average molecular weight is 258 g/mol. The first-order valence-electron chi connectivity index (χ1n) is 3.86. The zero-order chi connectivity index (χ0) is 11.1. The summed E-state index contributed by atoms with van der Waals surface area (Å²) < 4.78 is 57.4. The molecule has 1 aromatic heterocycles. The lowest BCUT2D eigenvalue weighted by atomic mass is 10.5. The first-order chi connectivity index (χ1) is 7.00. The monoisotopic (exact) mass is 258 g/mol. The van der Waals surface area contributed by atoms with Crippen molar-refractivity contribution in [3.63, 3.8) is 0 Å². The summed E-state index contributed by atoms with van der Waals surface area (Å²) in [6, 6.07) is 0. The van der Waals surface area contributed by atoms with E-state index in [1.54, 1.807) is 0 Å². The normalized spacial score (nSPS) is 17.6. The smallest absolute Gasteiger partial charge is 0.579 e. The topological polar surface area (TPSA) is 41.5 Å². The molecule has 0 aliphatic carbocycles. The van der Waals surface area contributed by atoms with E-state index in [-0.39, 0.29) is 22.3 Å². The van der Waals surface area contributed by atoms with Crippen LogP contribution in [0.3, 0.4) is 0 Å². The van der Waals surface area contributed by atoms with E-state index in [1.807, 2.05) is 0 Å². The van der Waals surface area contributed by atoms with Crippen LogP contribution < -0.4 is 9.47 Å². The van der Waals surface area contributed by atoms with Gasteiger partial charge in [-0.05, 0) is 0 Å². The van der Waals surface area contributed by atoms with E-state index < -0.39 is 16.7 Å². The van der Waals surface area contributed by atoms with E-state index in [0.717, 1.165) is 11.3 Å². The first kappa shape index (κ1) is 10.9. The largest absolute Gasteiger partial charge is 0.603 e. The minimum atomic E-state index is -4.76. The fraction of sp³-hybridized carbons (Fsp3) is 0.429. The summed E-state index contributed by atoms with van der Waals surface area (Å²) in [4.78, 5) is 0. The third kappa shape index (κ3) is 2.01. The van der Waals surface area contributed by atoms with Gasteiger partial charge in [0, 0.05) is 5.38 Å². The fourth-order valence-electron chi connectivity index (χ4n) is 1.07. The van der Waals surface area contributed by atoms with Crippen molar-refractivity contribution in [3.8, 4) is 11.5 Å². The maximum atomic E-state index is 12.2. The second-order valence-corrected chi connectivity index (χ2v) is 5.17. The highest BCUT2D eigenvalue weighted by Gasteiger charge is 2.49. The highest BCUT2D eigenvalue weighted by Crippen LogP contribution is 2.46. The van der Waals surface area contributed by atoms with Crippen LogP contribution in [-0.2, 0) is 11.2 Å². The molecular weight excluding hydrogens is 253 g/mol. The Kier molecular flexibility index (Phi) is 2.73. The summed E-state index contributed by atoms with van der Waals surface area (Å²) in [5.74, 6) is 0.195. The molecular formula is C7H5F3O3S2. The van der Waals surface area contributed by atoms with Gasteiger partial charge < -0.3 is 14.0 Å². The van der Waals surface area contributed by atoms with Gasteiger partial charge in [-0.15, -0.1) is 13.2 Å². The number of hydrogen-bond acceptors (Lipinski definition) is 4. The van der Waals surface area contributed by atoms with Gasteiger partial charge in [-0.2, -0.15) is 0 Å². The van der Waals surface area contributed by atoms with Crippen molar-refractivity contribution in [1.29, 1.82) is 0 Å². The number of alkyl halides is 3. The molecule has 0 bridgehead atoms. The predicted octanol–water partition coefficient (Wildman–Crippen LogP) is 2.15. The Morgan fingerprint density at radius 3 is 2.67 bits per heavy atom. The molecule has 0 fully saturated rings. The van der Waals surface area contributed by atoms with E-state index in [0.29, 0.717) is 6.61 Å². The van der Waals surface area contributed by atoms with Gasteiger partial charge in [-0.1, -0.05) is 11.3 Å². The van der Waals surface area contributed by atoms with Gasteiger partial charge >= 0.3 is 5.51 Å². The lowest BCUT2D eigenvalue weighted by Gasteiger charge is -2.16. The van der Waals surface area contributed by atoms with Crippen LogP contribution in [0.15, 0.2) is 9.59 Å². The van der Waals surface area contributed by atoms with E-state index in [1.165, 1.54) is 5.38 Å². The Balaban J connectivity index is 2.33. The van der Waals surface area contributed by atoms with Crippen LogP contribution in [0.5, 0.6) is 11.5 Å². The minimum Gasteiger partial charge on any atom is -0.603 e.